The molecule has 2 rings (SSSR count). The average molecular weight is 253 g/mol. The summed E-state index contributed by atoms with van der Waals surface area (Å²) in [4.78, 5) is 16.5. The highest BCUT2D eigenvalue weighted by atomic mass is 32.1. The van der Waals surface area contributed by atoms with Gasteiger partial charge in [-0.25, -0.2) is 4.98 Å². The third kappa shape index (κ3) is 2.58. The SMILES string of the molecule is COC1(c2ncc(C(C)=O)s2)CCCCCC1. The monoisotopic (exact) mass is 253 g/mol. The topological polar surface area (TPSA) is 39.2 Å². The molecule has 1 aromatic heterocycles. The standard InChI is InChI=1S/C13H19NO2S/c1-10(15)11-9-14-12(17-11)13(16-2)7-5-3-4-6-8-13/h9H,3-8H2,1-2H3. The summed E-state index contributed by atoms with van der Waals surface area (Å²) in [6.45, 7) is 1.59. The Morgan fingerprint density at radius 3 is 2.47 bits per heavy atom. The molecule has 0 aliphatic heterocycles. The molecule has 3 nitrogen and oxygen atoms in total. The molecule has 1 aromatic rings. The molecule has 1 fully saturated rings. The van der Waals surface area contributed by atoms with Gasteiger partial charge in [0.15, 0.2) is 5.78 Å². The lowest BCUT2D eigenvalue weighted by Crippen LogP contribution is -2.27. The van der Waals surface area contributed by atoms with E-state index in [1.807, 2.05) is 0 Å². The van der Waals surface area contributed by atoms with Crippen molar-refractivity contribution in [3.05, 3.63) is 16.1 Å². The number of carbonyl (C=O) groups excluding carboxylic acids is 1. The van der Waals surface area contributed by atoms with Crippen LogP contribution in [0.1, 0.15) is 60.1 Å². The van der Waals surface area contributed by atoms with Crippen molar-refractivity contribution >= 4 is 17.1 Å². The molecule has 0 spiro atoms. The molecule has 0 saturated heterocycles. The Kier molecular flexibility index (Phi) is 3.94. The van der Waals surface area contributed by atoms with Gasteiger partial charge in [-0.1, -0.05) is 25.7 Å². The molecule has 0 radical (unpaired) electrons. The third-order valence-electron chi connectivity index (χ3n) is 3.54. The fraction of sp³-hybridized carbons (Fsp3) is 0.692. The maximum atomic E-state index is 11.3. The Morgan fingerprint density at radius 2 is 2.00 bits per heavy atom. The van der Waals surface area contributed by atoms with Gasteiger partial charge in [0, 0.05) is 20.2 Å². The third-order valence-corrected chi connectivity index (χ3v) is 4.83. The summed E-state index contributed by atoms with van der Waals surface area (Å²) >= 11 is 1.49. The fourth-order valence-corrected chi connectivity index (χ4v) is 3.49. The van der Waals surface area contributed by atoms with Crippen LogP contribution < -0.4 is 0 Å². The summed E-state index contributed by atoms with van der Waals surface area (Å²) in [5.74, 6) is 0.0913. The zero-order valence-electron chi connectivity index (χ0n) is 10.5. The number of carbonyl (C=O) groups is 1. The lowest BCUT2D eigenvalue weighted by atomic mass is 9.95. The largest absolute Gasteiger partial charge is 0.371 e. The van der Waals surface area contributed by atoms with Gasteiger partial charge in [-0.05, 0) is 12.8 Å². The quantitative estimate of drug-likeness (QED) is 0.611. The number of ketones is 1. The second-order valence-electron chi connectivity index (χ2n) is 4.70. The zero-order chi connectivity index (χ0) is 12.3. The smallest absolute Gasteiger partial charge is 0.171 e. The summed E-state index contributed by atoms with van der Waals surface area (Å²) in [6, 6.07) is 0. The van der Waals surface area contributed by atoms with E-state index in [1.165, 1.54) is 37.0 Å². The molecule has 0 bridgehead atoms. The Morgan fingerprint density at radius 1 is 1.35 bits per heavy atom. The van der Waals surface area contributed by atoms with Gasteiger partial charge in [-0.3, -0.25) is 4.79 Å². The number of hydrogen-bond donors (Lipinski definition) is 0. The van der Waals surface area contributed by atoms with E-state index in [0.717, 1.165) is 22.7 Å². The summed E-state index contributed by atoms with van der Waals surface area (Å²) in [5, 5.41) is 0.979. The summed E-state index contributed by atoms with van der Waals surface area (Å²) in [7, 11) is 1.76. The van der Waals surface area contributed by atoms with Gasteiger partial charge in [-0.15, -0.1) is 11.3 Å². The van der Waals surface area contributed by atoms with Crippen LogP contribution in [-0.2, 0) is 10.3 Å². The van der Waals surface area contributed by atoms with Crippen LogP contribution >= 0.6 is 11.3 Å². The van der Waals surface area contributed by atoms with Crippen LogP contribution in [0.15, 0.2) is 6.20 Å². The summed E-state index contributed by atoms with van der Waals surface area (Å²) in [6.07, 6.45) is 8.65. The van der Waals surface area contributed by atoms with E-state index in [2.05, 4.69) is 4.98 Å². The molecule has 17 heavy (non-hydrogen) atoms. The first-order chi connectivity index (χ1) is 8.18. The van der Waals surface area contributed by atoms with Crippen LogP contribution in [0.3, 0.4) is 0 Å². The van der Waals surface area contributed by atoms with Gasteiger partial charge in [0.2, 0.25) is 0 Å². The Bertz CT molecular complexity index is 392. The van der Waals surface area contributed by atoms with Crippen molar-refractivity contribution in [3.63, 3.8) is 0 Å². The van der Waals surface area contributed by atoms with Crippen LogP contribution in [0.2, 0.25) is 0 Å². The van der Waals surface area contributed by atoms with Crippen molar-refractivity contribution in [1.29, 1.82) is 0 Å². The highest BCUT2D eigenvalue weighted by Crippen LogP contribution is 2.40. The lowest BCUT2D eigenvalue weighted by molar-refractivity contribution is -0.0279. The lowest BCUT2D eigenvalue weighted by Gasteiger charge is -2.28. The number of hydrogen-bond acceptors (Lipinski definition) is 4. The van der Waals surface area contributed by atoms with Crippen molar-refractivity contribution in [3.8, 4) is 0 Å². The number of Topliss-reactive ketones (excluding diaryl/α,β-unsaturated/α-hetero) is 1. The molecular formula is C13H19NO2S. The Balaban J connectivity index is 2.28. The number of methoxy groups -OCH3 is 1. The van der Waals surface area contributed by atoms with Crippen LogP contribution in [0.5, 0.6) is 0 Å². The number of ether oxygens (including phenoxy) is 1. The van der Waals surface area contributed by atoms with Crippen molar-refractivity contribution in [1.82, 2.24) is 4.98 Å². The van der Waals surface area contributed by atoms with Crippen LogP contribution in [-0.4, -0.2) is 17.9 Å². The molecule has 1 aliphatic rings. The zero-order valence-corrected chi connectivity index (χ0v) is 11.3. The van der Waals surface area contributed by atoms with Gasteiger partial charge >= 0.3 is 0 Å². The molecule has 1 aliphatic carbocycles. The average Bonchev–Trinajstić information content (AvgIpc) is 2.70. The van der Waals surface area contributed by atoms with Crippen LogP contribution in [0, 0.1) is 0 Å². The van der Waals surface area contributed by atoms with Gasteiger partial charge in [0.25, 0.3) is 0 Å². The van der Waals surface area contributed by atoms with Gasteiger partial charge in [-0.2, -0.15) is 0 Å². The number of rotatable bonds is 3. The molecule has 0 atom stereocenters. The predicted molar refractivity (Wildman–Crippen MR) is 68.5 cm³/mol. The normalized spacial score (nSPS) is 19.9. The molecule has 0 aromatic carbocycles. The van der Waals surface area contributed by atoms with Crippen LogP contribution in [0.25, 0.3) is 0 Å². The van der Waals surface area contributed by atoms with Crippen LogP contribution in [0.4, 0.5) is 0 Å². The second kappa shape index (κ2) is 5.27. The van der Waals surface area contributed by atoms with E-state index < -0.39 is 0 Å². The van der Waals surface area contributed by atoms with Crippen molar-refractivity contribution in [2.24, 2.45) is 0 Å². The van der Waals surface area contributed by atoms with E-state index in [4.69, 9.17) is 4.74 Å². The van der Waals surface area contributed by atoms with E-state index >= 15 is 0 Å². The van der Waals surface area contributed by atoms with Crippen molar-refractivity contribution < 1.29 is 9.53 Å². The molecule has 0 N–H and O–H groups in total. The predicted octanol–water partition coefficient (Wildman–Crippen LogP) is 3.54. The molecule has 1 heterocycles. The minimum Gasteiger partial charge on any atom is -0.371 e. The van der Waals surface area contributed by atoms with E-state index in [1.54, 1.807) is 20.2 Å². The highest BCUT2D eigenvalue weighted by molar-refractivity contribution is 7.13. The van der Waals surface area contributed by atoms with Gasteiger partial charge in [0.1, 0.15) is 10.6 Å². The van der Waals surface area contributed by atoms with E-state index in [-0.39, 0.29) is 11.4 Å². The Labute approximate surface area is 106 Å². The molecule has 94 valence electrons. The summed E-state index contributed by atoms with van der Waals surface area (Å²) < 4.78 is 5.77. The molecule has 0 unspecified atom stereocenters. The maximum absolute atomic E-state index is 11.3. The van der Waals surface area contributed by atoms with E-state index in [0.29, 0.717) is 0 Å². The molecule has 4 heteroatoms. The highest BCUT2D eigenvalue weighted by Gasteiger charge is 2.35. The number of thiazole rings is 1. The number of aromatic nitrogens is 1. The molecule has 0 amide bonds. The van der Waals surface area contributed by atoms with Crippen molar-refractivity contribution in [2.75, 3.05) is 7.11 Å². The Hall–Kier alpha value is -0.740. The first-order valence-electron chi connectivity index (χ1n) is 6.20. The van der Waals surface area contributed by atoms with E-state index in [9.17, 15) is 4.79 Å². The fourth-order valence-electron chi connectivity index (χ4n) is 2.45. The molecular weight excluding hydrogens is 234 g/mol. The molecule has 1 saturated carbocycles. The van der Waals surface area contributed by atoms with Gasteiger partial charge in [0.05, 0.1) is 4.88 Å². The maximum Gasteiger partial charge on any atom is 0.171 e. The minimum atomic E-state index is -0.241. The first kappa shape index (κ1) is 12.7. The second-order valence-corrected chi connectivity index (χ2v) is 5.73. The summed E-state index contributed by atoms with van der Waals surface area (Å²) in [5.41, 5.74) is -0.241. The van der Waals surface area contributed by atoms with Crippen molar-refractivity contribution in [2.45, 2.75) is 51.0 Å². The number of nitrogens with zero attached hydrogens (tertiary/aromatic N) is 1. The van der Waals surface area contributed by atoms with Gasteiger partial charge < -0.3 is 4.74 Å². The first-order valence-corrected chi connectivity index (χ1v) is 7.02. The minimum absolute atomic E-state index is 0.0913.